The predicted molar refractivity (Wildman–Crippen MR) is 114 cm³/mol. The van der Waals surface area contributed by atoms with Crippen LogP contribution in [0.1, 0.15) is 44.1 Å². The highest BCUT2D eigenvalue weighted by Crippen LogP contribution is 2.19. The summed E-state index contributed by atoms with van der Waals surface area (Å²) in [4.78, 5) is 5.21. The topological polar surface area (TPSA) is 51.5 Å². The molecule has 2 heterocycles. The maximum Gasteiger partial charge on any atom is 0.119 e. The predicted octanol–water partition coefficient (Wildman–Crippen LogP) is 3.11. The molecule has 154 valence electrons. The molecule has 2 aliphatic rings. The van der Waals surface area contributed by atoms with E-state index in [1.54, 1.807) is 12.1 Å². The Morgan fingerprint density at radius 3 is 2.21 bits per heavy atom. The minimum absolute atomic E-state index is 0.677. The molecule has 0 spiro atoms. The molecular formula is C23H36N4O. The van der Waals surface area contributed by atoms with E-state index in [1.807, 2.05) is 12.1 Å². The van der Waals surface area contributed by atoms with E-state index in [0.29, 0.717) is 5.56 Å². The summed E-state index contributed by atoms with van der Waals surface area (Å²) >= 11 is 0. The number of nitriles is 1. The van der Waals surface area contributed by atoms with Crippen molar-refractivity contribution in [1.29, 1.82) is 5.26 Å². The first-order chi connectivity index (χ1) is 13.8. The third-order valence-corrected chi connectivity index (χ3v) is 6.13. The molecule has 2 fully saturated rings. The van der Waals surface area contributed by atoms with Gasteiger partial charge in [0.25, 0.3) is 0 Å². The molecule has 0 atom stereocenters. The maximum atomic E-state index is 8.82. The van der Waals surface area contributed by atoms with Crippen LogP contribution in [0.2, 0.25) is 0 Å². The molecule has 3 rings (SSSR count). The van der Waals surface area contributed by atoms with Gasteiger partial charge in [0.2, 0.25) is 0 Å². The summed E-state index contributed by atoms with van der Waals surface area (Å²) in [5, 5.41) is 12.3. The van der Waals surface area contributed by atoms with E-state index in [9.17, 15) is 0 Å². The highest BCUT2D eigenvalue weighted by molar-refractivity contribution is 5.34. The van der Waals surface area contributed by atoms with Crippen molar-refractivity contribution in [3.8, 4) is 11.8 Å². The van der Waals surface area contributed by atoms with E-state index in [1.165, 1.54) is 77.9 Å². The van der Waals surface area contributed by atoms with Crippen molar-refractivity contribution in [2.24, 2.45) is 5.92 Å². The molecule has 5 nitrogen and oxygen atoms in total. The molecule has 0 bridgehead atoms. The van der Waals surface area contributed by atoms with Crippen LogP contribution in [0.4, 0.5) is 0 Å². The first kappa shape index (κ1) is 21.1. The summed E-state index contributed by atoms with van der Waals surface area (Å²) in [6.45, 7) is 10.4. The molecule has 0 aliphatic carbocycles. The number of piperidine rings is 1. The number of nitrogens with zero attached hydrogens (tertiary/aromatic N) is 3. The normalized spacial score (nSPS) is 19.4. The molecule has 2 aliphatic heterocycles. The van der Waals surface area contributed by atoms with Crippen molar-refractivity contribution in [2.45, 2.75) is 38.5 Å². The first-order valence-corrected chi connectivity index (χ1v) is 11.1. The van der Waals surface area contributed by atoms with E-state index in [0.717, 1.165) is 31.2 Å². The number of piperazine rings is 1. The monoisotopic (exact) mass is 384 g/mol. The highest BCUT2D eigenvalue weighted by atomic mass is 16.5. The lowest BCUT2D eigenvalue weighted by Gasteiger charge is -2.34. The Morgan fingerprint density at radius 1 is 0.929 bits per heavy atom. The second-order valence-electron chi connectivity index (χ2n) is 8.21. The van der Waals surface area contributed by atoms with E-state index in [-0.39, 0.29) is 0 Å². The van der Waals surface area contributed by atoms with Crippen LogP contribution in [0.25, 0.3) is 0 Å². The quantitative estimate of drug-likeness (QED) is 0.628. The van der Waals surface area contributed by atoms with Gasteiger partial charge in [0.1, 0.15) is 5.75 Å². The van der Waals surface area contributed by atoms with Gasteiger partial charge in [-0.1, -0.05) is 12.8 Å². The highest BCUT2D eigenvalue weighted by Gasteiger charge is 2.17. The first-order valence-electron chi connectivity index (χ1n) is 11.1. The minimum atomic E-state index is 0.677. The lowest BCUT2D eigenvalue weighted by atomic mass is 9.92. The Labute approximate surface area is 170 Å². The van der Waals surface area contributed by atoms with Crippen LogP contribution in [-0.2, 0) is 0 Å². The van der Waals surface area contributed by atoms with E-state index in [4.69, 9.17) is 10.00 Å². The van der Waals surface area contributed by atoms with Crippen LogP contribution in [-0.4, -0.2) is 68.8 Å². The zero-order valence-corrected chi connectivity index (χ0v) is 17.2. The third-order valence-electron chi connectivity index (χ3n) is 6.13. The van der Waals surface area contributed by atoms with Crippen LogP contribution in [0.5, 0.6) is 5.75 Å². The average molecular weight is 385 g/mol. The van der Waals surface area contributed by atoms with Crippen LogP contribution in [0.3, 0.4) is 0 Å². The summed E-state index contributed by atoms with van der Waals surface area (Å²) < 4.78 is 5.78. The second kappa shape index (κ2) is 12.1. The zero-order valence-electron chi connectivity index (χ0n) is 17.2. The van der Waals surface area contributed by atoms with E-state index < -0.39 is 0 Å². The molecule has 0 radical (unpaired) electrons. The number of hydrogen-bond acceptors (Lipinski definition) is 5. The summed E-state index contributed by atoms with van der Waals surface area (Å²) in [6, 6.07) is 9.50. The van der Waals surface area contributed by atoms with Crippen molar-refractivity contribution in [3.63, 3.8) is 0 Å². The van der Waals surface area contributed by atoms with Crippen LogP contribution in [0, 0.1) is 17.2 Å². The van der Waals surface area contributed by atoms with Gasteiger partial charge in [-0.2, -0.15) is 5.26 Å². The van der Waals surface area contributed by atoms with Gasteiger partial charge in [0, 0.05) is 32.7 Å². The van der Waals surface area contributed by atoms with Crippen molar-refractivity contribution in [3.05, 3.63) is 29.8 Å². The van der Waals surface area contributed by atoms with Crippen molar-refractivity contribution in [1.82, 2.24) is 15.1 Å². The number of benzene rings is 1. The van der Waals surface area contributed by atoms with Crippen LogP contribution < -0.4 is 10.1 Å². The van der Waals surface area contributed by atoms with Crippen molar-refractivity contribution >= 4 is 0 Å². The van der Waals surface area contributed by atoms with Crippen LogP contribution >= 0.6 is 0 Å². The molecule has 0 saturated carbocycles. The SMILES string of the molecule is N#Cc1ccc(OCCCN2CCN(CCCCC3CCNCC3)CC2)cc1. The summed E-state index contributed by atoms with van der Waals surface area (Å²) in [6.07, 6.45) is 8.01. The van der Waals surface area contributed by atoms with Gasteiger partial charge in [-0.05, 0) is 75.5 Å². The average Bonchev–Trinajstić information content (AvgIpc) is 2.76. The fraction of sp³-hybridized carbons (Fsp3) is 0.696. The number of nitrogens with one attached hydrogen (secondary N) is 1. The molecule has 5 heteroatoms. The molecule has 2 saturated heterocycles. The fourth-order valence-corrected chi connectivity index (χ4v) is 4.28. The number of unbranched alkanes of at least 4 members (excludes halogenated alkanes) is 1. The second-order valence-corrected chi connectivity index (χ2v) is 8.21. The Kier molecular flexibility index (Phi) is 9.09. The van der Waals surface area contributed by atoms with Gasteiger partial charge in [0.15, 0.2) is 0 Å². The summed E-state index contributed by atoms with van der Waals surface area (Å²) in [7, 11) is 0. The van der Waals surface area contributed by atoms with E-state index >= 15 is 0 Å². The Bertz CT molecular complexity index is 584. The smallest absolute Gasteiger partial charge is 0.119 e. The molecule has 0 aromatic heterocycles. The zero-order chi connectivity index (χ0) is 19.4. The summed E-state index contributed by atoms with van der Waals surface area (Å²) in [5.74, 6) is 1.83. The molecule has 1 aromatic rings. The van der Waals surface area contributed by atoms with Gasteiger partial charge in [-0.3, -0.25) is 0 Å². The molecule has 0 unspecified atom stereocenters. The summed E-state index contributed by atoms with van der Waals surface area (Å²) in [5.41, 5.74) is 0.677. The number of rotatable bonds is 10. The van der Waals surface area contributed by atoms with Gasteiger partial charge in [0.05, 0.1) is 18.2 Å². The lowest BCUT2D eigenvalue weighted by Crippen LogP contribution is -2.46. The molecule has 0 amide bonds. The van der Waals surface area contributed by atoms with E-state index in [2.05, 4.69) is 21.2 Å². The molecule has 28 heavy (non-hydrogen) atoms. The lowest BCUT2D eigenvalue weighted by molar-refractivity contribution is 0.124. The number of ether oxygens (including phenoxy) is 1. The van der Waals surface area contributed by atoms with Gasteiger partial charge < -0.3 is 19.9 Å². The van der Waals surface area contributed by atoms with Gasteiger partial charge in [-0.25, -0.2) is 0 Å². The number of hydrogen-bond donors (Lipinski definition) is 1. The standard InChI is InChI=1S/C23H36N4O/c24-20-22-5-7-23(8-6-22)28-19-3-14-27-17-15-26(16-18-27)13-2-1-4-21-9-11-25-12-10-21/h5-8,21,25H,1-4,9-19H2. The molecule has 1 N–H and O–H groups in total. The third kappa shape index (κ3) is 7.43. The Balaban J connectivity index is 1.19. The Hall–Kier alpha value is -1.61. The maximum absolute atomic E-state index is 8.82. The fourth-order valence-electron chi connectivity index (χ4n) is 4.28. The van der Waals surface area contributed by atoms with Gasteiger partial charge in [-0.15, -0.1) is 0 Å². The van der Waals surface area contributed by atoms with Crippen molar-refractivity contribution in [2.75, 3.05) is 59.0 Å². The largest absolute Gasteiger partial charge is 0.494 e. The molecule has 1 aromatic carbocycles. The van der Waals surface area contributed by atoms with Gasteiger partial charge >= 0.3 is 0 Å². The Morgan fingerprint density at radius 2 is 1.57 bits per heavy atom. The van der Waals surface area contributed by atoms with Crippen molar-refractivity contribution < 1.29 is 4.74 Å². The minimum Gasteiger partial charge on any atom is -0.494 e. The van der Waals surface area contributed by atoms with Crippen LogP contribution in [0.15, 0.2) is 24.3 Å². The molecular weight excluding hydrogens is 348 g/mol.